The van der Waals surface area contributed by atoms with E-state index in [1.54, 1.807) is 13.0 Å². The fourth-order valence-electron chi connectivity index (χ4n) is 2.04. The van der Waals surface area contributed by atoms with Crippen LogP contribution in [0.4, 0.5) is 8.78 Å². The number of benzene rings is 1. The Balaban J connectivity index is 2.31. The van der Waals surface area contributed by atoms with Crippen LogP contribution in [0, 0.1) is 11.6 Å². The molecule has 106 valence electrons. The van der Waals surface area contributed by atoms with Crippen molar-refractivity contribution in [1.82, 2.24) is 4.98 Å². The summed E-state index contributed by atoms with van der Waals surface area (Å²) in [5, 5.41) is 10.7. The van der Waals surface area contributed by atoms with Gasteiger partial charge in [-0.1, -0.05) is 24.6 Å². The monoisotopic (exact) mass is 297 g/mol. The minimum atomic E-state index is -1.24. The summed E-state index contributed by atoms with van der Waals surface area (Å²) in [4.78, 5) is 3.93. The average molecular weight is 298 g/mol. The largest absolute Gasteiger partial charge is 0.383 e. The van der Waals surface area contributed by atoms with Crippen LogP contribution in [0.15, 0.2) is 36.5 Å². The van der Waals surface area contributed by atoms with Crippen molar-refractivity contribution in [3.8, 4) is 0 Å². The third-order valence-electron chi connectivity index (χ3n) is 3.27. The average Bonchev–Trinajstić information content (AvgIpc) is 2.43. The van der Waals surface area contributed by atoms with Gasteiger partial charge < -0.3 is 5.11 Å². The molecule has 2 nitrogen and oxygen atoms in total. The zero-order valence-electron chi connectivity index (χ0n) is 10.9. The maximum atomic E-state index is 13.1. The van der Waals surface area contributed by atoms with Crippen molar-refractivity contribution in [2.24, 2.45) is 0 Å². The predicted molar refractivity (Wildman–Crippen MR) is 73.5 cm³/mol. The van der Waals surface area contributed by atoms with Crippen LogP contribution in [0.5, 0.6) is 0 Å². The van der Waals surface area contributed by atoms with E-state index in [0.717, 1.165) is 6.20 Å². The first-order valence-corrected chi connectivity index (χ1v) is 6.61. The van der Waals surface area contributed by atoms with Gasteiger partial charge in [0.1, 0.15) is 17.2 Å². The molecule has 20 heavy (non-hydrogen) atoms. The van der Waals surface area contributed by atoms with Gasteiger partial charge in [-0.05, 0) is 36.2 Å². The highest BCUT2D eigenvalue weighted by Gasteiger charge is 2.29. The summed E-state index contributed by atoms with van der Waals surface area (Å²) >= 11 is 5.73. The first kappa shape index (κ1) is 14.9. The molecule has 1 heterocycles. The topological polar surface area (TPSA) is 33.1 Å². The van der Waals surface area contributed by atoms with Gasteiger partial charge in [0.05, 0.1) is 16.9 Å². The second-order valence-electron chi connectivity index (χ2n) is 4.67. The van der Waals surface area contributed by atoms with Crippen LogP contribution in [0.3, 0.4) is 0 Å². The lowest BCUT2D eigenvalue weighted by Crippen LogP contribution is -2.29. The van der Waals surface area contributed by atoms with Crippen molar-refractivity contribution in [1.29, 1.82) is 0 Å². The van der Waals surface area contributed by atoms with Crippen LogP contribution in [0.25, 0.3) is 0 Å². The molecule has 1 aromatic heterocycles. The van der Waals surface area contributed by atoms with Crippen molar-refractivity contribution in [3.05, 3.63) is 64.4 Å². The molecule has 0 spiro atoms. The molecule has 2 aromatic rings. The standard InChI is InChI=1S/C15H14ClF2NO/c1-2-15(20,14-6-4-11(17)9-19-14)8-10-3-5-13(18)12(16)7-10/h3-7,9,20H,2,8H2,1H3. The fraction of sp³-hybridized carbons (Fsp3) is 0.267. The smallest absolute Gasteiger partial charge is 0.141 e. The molecule has 0 fully saturated rings. The van der Waals surface area contributed by atoms with E-state index in [4.69, 9.17) is 11.6 Å². The molecule has 1 N–H and O–H groups in total. The number of nitrogens with zero attached hydrogens (tertiary/aromatic N) is 1. The van der Waals surface area contributed by atoms with E-state index in [0.29, 0.717) is 17.7 Å². The van der Waals surface area contributed by atoms with Crippen LogP contribution in [0.1, 0.15) is 24.6 Å². The van der Waals surface area contributed by atoms with E-state index >= 15 is 0 Å². The van der Waals surface area contributed by atoms with Crippen LogP contribution in [-0.2, 0) is 12.0 Å². The SMILES string of the molecule is CCC(O)(Cc1ccc(F)c(Cl)c1)c1ccc(F)cn1. The summed E-state index contributed by atoms with van der Waals surface area (Å²) in [7, 11) is 0. The molecular weight excluding hydrogens is 284 g/mol. The first-order valence-electron chi connectivity index (χ1n) is 6.23. The molecule has 0 aliphatic carbocycles. The Hall–Kier alpha value is -1.52. The summed E-state index contributed by atoms with van der Waals surface area (Å²) in [5.41, 5.74) is -0.178. The van der Waals surface area contributed by atoms with Crippen molar-refractivity contribution < 1.29 is 13.9 Å². The Morgan fingerprint density at radius 2 is 2.00 bits per heavy atom. The molecule has 0 saturated carbocycles. The van der Waals surface area contributed by atoms with Crippen molar-refractivity contribution in [2.45, 2.75) is 25.4 Å². The van der Waals surface area contributed by atoms with E-state index in [-0.39, 0.29) is 11.4 Å². The first-order chi connectivity index (χ1) is 9.44. The van der Waals surface area contributed by atoms with Gasteiger partial charge in [-0.15, -0.1) is 0 Å². The maximum absolute atomic E-state index is 13.1. The van der Waals surface area contributed by atoms with Gasteiger partial charge in [0.15, 0.2) is 0 Å². The van der Waals surface area contributed by atoms with E-state index in [2.05, 4.69) is 4.98 Å². The summed E-state index contributed by atoms with van der Waals surface area (Å²) in [5.74, 6) is -0.965. The van der Waals surface area contributed by atoms with Gasteiger partial charge in [0.2, 0.25) is 0 Å². The Labute approximate surface area is 121 Å². The molecule has 0 bridgehead atoms. The Bertz CT molecular complexity index is 603. The van der Waals surface area contributed by atoms with Gasteiger partial charge in [-0.25, -0.2) is 8.78 Å². The number of halogens is 3. The summed E-state index contributed by atoms with van der Waals surface area (Å²) in [6, 6.07) is 6.99. The number of aliphatic hydroxyl groups is 1. The Morgan fingerprint density at radius 1 is 1.25 bits per heavy atom. The van der Waals surface area contributed by atoms with Gasteiger partial charge in [-0.3, -0.25) is 4.98 Å². The van der Waals surface area contributed by atoms with E-state index in [1.807, 2.05) is 0 Å². The zero-order valence-corrected chi connectivity index (χ0v) is 11.7. The predicted octanol–water partition coefficient (Wildman–Crippen LogP) is 3.85. The summed E-state index contributed by atoms with van der Waals surface area (Å²) in [6.07, 6.45) is 1.68. The second-order valence-corrected chi connectivity index (χ2v) is 5.08. The maximum Gasteiger partial charge on any atom is 0.141 e. The van der Waals surface area contributed by atoms with Gasteiger partial charge in [0.25, 0.3) is 0 Å². The zero-order chi connectivity index (χ0) is 14.8. The highest BCUT2D eigenvalue weighted by atomic mass is 35.5. The second kappa shape index (κ2) is 5.85. The lowest BCUT2D eigenvalue weighted by molar-refractivity contribution is 0.0282. The van der Waals surface area contributed by atoms with Crippen LogP contribution in [0.2, 0.25) is 5.02 Å². The highest BCUT2D eigenvalue weighted by Crippen LogP contribution is 2.29. The summed E-state index contributed by atoms with van der Waals surface area (Å²) < 4.78 is 26.0. The molecule has 5 heteroatoms. The van der Waals surface area contributed by atoms with Gasteiger partial charge >= 0.3 is 0 Å². The lowest BCUT2D eigenvalue weighted by Gasteiger charge is -2.26. The van der Waals surface area contributed by atoms with E-state index in [9.17, 15) is 13.9 Å². The fourth-order valence-corrected chi connectivity index (χ4v) is 2.24. The lowest BCUT2D eigenvalue weighted by atomic mass is 9.88. The molecule has 0 aliphatic rings. The van der Waals surface area contributed by atoms with E-state index < -0.39 is 17.2 Å². The molecule has 0 saturated heterocycles. The number of hydrogen-bond donors (Lipinski definition) is 1. The van der Waals surface area contributed by atoms with Crippen molar-refractivity contribution in [2.75, 3.05) is 0 Å². The van der Waals surface area contributed by atoms with Crippen LogP contribution in [-0.4, -0.2) is 10.1 Å². The number of rotatable bonds is 4. The molecule has 0 radical (unpaired) electrons. The quantitative estimate of drug-likeness (QED) is 0.930. The van der Waals surface area contributed by atoms with Crippen LogP contribution >= 0.6 is 11.6 Å². The molecule has 1 aromatic carbocycles. The molecule has 1 unspecified atom stereocenters. The van der Waals surface area contributed by atoms with Gasteiger partial charge in [0, 0.05) is 6.42 Å². The third kappa shape index (κ3) is 3.14. The van der Waals surface area contributed by atoms with E-state index in [1.165, 1.54) is 24.3 Å². The van der Waals surface area contributed by atoms with Gasteiger partial charge in [-0.2, -0.15) is 0 Å². The van der Waals surface area contributed by atoms with Crippen LogP contribution < -0.4 is 0 Å². The molecule has 1 atom stereocenters. The normalized spacial score (nSPS) is 14.1. The summed E-state index contributed by atoms with van der Waals surface area (Å²) in [6.45, 7) is 1.80. The Kier molecular flexibility index (Phi) is 4.35. The van der Waals surface area contributed by atoms with Crippen molar-refractivity contribution in [3.63, 3.8) is 0 Å². The Morgan fingerprint density at radius 3 is 2.55 bits per heavy atom. The number of aromatic nitrogens is 1. The minimum Gasteiger partial charge on any atom is -0.383 e. The molecule has 0 amide bonds. The van der Waals surface area contributed by atoms with Crippen molar-refractivity contribution >= 4 is 11.6 Å². The number of hydrogen-bond acceptors (Lipinski definition) is 2. The number of pyridine rings is 1. The third-order valence-corrected chi connectivity index (χ3v) is 3.56. The minimum absolute atomic E-state index is 0.00742. The molecule has 2 rings (SSSR count). The highest BCUT2D eigenvalue weighted by molar-refractivity contribution is 6.30. The molecule has 0 aliphatic heterocycles. The molecular formula is C15H14ClF2NO.